The fraction of sp³-hybridized carbons (Fsp3) is 0.455. The summed E-state index contributed by atoms with van der Waals surface area (Å²) in [5.41, 5.74) is 0.850. The Bertz CT molecular complexity index is 358. The molecule has 1 rings (SSSR count). The van der Waals surface area contributed by atoms with Crippen LogP contribution in [0.3, 0.4) is 0 Å². The number of anilines is 1. The van der Waals surface area contributed by atoms with Crippen molar-refractivity contribution in [3.8, 4) is 0 Å². The lowest BCUT2D eigenvalue weighted by Crippen LogP contribution is -2.20. The molecule has 1 atom stereocenters. The molecular formula is C11H16N2O2S. The van der Waals surface area contributed by atoms with Gasteiger partial charge >= 0.3 is 5.97 Å². The maximum atomic E-state index is 10.9. The second-order valence-electron chi connectivity index (χ2n) is 3.43. The van der Waals surface area contributed by atoms with Crippen LogP contribution in [0.2, 0.25) is 0 Å². The van der Waals surface area contributed by atoms with Crippen molar-refractivity contribution >= 4 is 23.4 Å². The van der Waals surface area contributed by atoms with Crippen LogP contribution in [-0.4, -0.2) is 33.6 Å². The molecular weight excluding hydrogens is 224 g/mol. The molecule has 5 heteroatoms. The Balaban J connectivity index is 2.69. The van der Waals surface area contributed by atoms with Gasteiger partial charge in [-0.3, -0.25) is 4.98 Å². The highest BCUT2D eigenvalue weighted by atomic mass is 32.2. The van der Waals surface area contributed by atoms with Gasteiger partial charge in [-0.25, -0.2) is 4.79 Å². The number of thioether (sulfide) groups is 1. The third kappa shape index (κ3) is 3.73. The molecule has 0 saturated carbocycles. The summed E-state index contributed by atoms with van der Waals surface area (Å²) < 4.78 is 0. The second-order valence-corrected chi connectivity index (χ2v) is 4.75. The highest BCUT2D eigenvalue weighted by Gasteiger charge is 2.11. The van der Waals surface area contributed by atoms with E-state index in [-0.39, 0.29) is 11.6 Å². The van der Waals surface area contributed by atoms with Gasteiger partial charge in [0.1, 0.15) is 5.56 Å². The molecule has 0 amide bonds. The van der Waals surface area contributed by atoms with Gasteiger partial charge in [0.05, 0.1) is 5.69 Å². The van der Waals surface area contributed by atoms with E-state index >= 15 is 0 Å². The van der Waals surface area contributed by atoms with Crippen LogP contribution in [0.25, 0.3) is 0 Å². The molecule has 0 aromatic carbocycles. The van der Waals surface area contributed by atoms with Gasteiger partial charge in [-0.05, 0) is 18.7 Å². The zero-order valence-electron chi connectivity index (χ0n) is 9.43. The number of hydrogen-bond donors (Lipinski definition) is 2. The lowest BCUT2D eigenvalue weighted by molar-refractivity contribution is 0.0697. The number of hydrogen-bond acceptors (Lipinski definition) is 4. The molecule has 1 heterocycles. The first-order chi connectivity index (χ1) is 7.65. The van der Waals surface area contributed by atoms with Crippen molar-refractivity contribution in [3.05, 3.63) is 24.0 Å². The molecule has 1 aromatic rings. The molecule has 88 valence electrons. The number of carboxylic acid groups (broad SMARTS) is 1. The maximum Gasteiger partial charge on any atom is 0.339 e. The van der Waals surface area contributed by atoms with Crippen molar-refractivity contribution < 1.29 is 9.90 Å². The van der Waals surface area contributed by atoms with Gasteiger partial charge in [0.15, 0.2) is 0 Å². The van der Waals surface area contributed by atoms with Crippen molar-refractivity contribution in [2.45, 2.75) is 19.9 Å². The highest BCUT2D eigenvalue weighted by Crippen LogP contribution is 2.15. The van der Waals surface area contributed by atoms with Crippen LogP contribution in [0, 0.1) is 0 Å². The Morgan fingerprint density at radius 2 is 2.44 bits per heavy atom. The summed E-state index contributed by atoms with van der Waals surface area (Å²) in [7, 11) is 0. The van der Waals surface area contributed by atoms with Crippen molar-refractivity contribution in [3.63, 3.8) is 0 Å². The van der Waals surface area contributed by atoms with Crippen LogP contribution < -0.4 is 5.32 Å². The topological polar surface area (TPSA) is 62.2 Å². The summed E-state index contributed by atoms with van der Waals surface area (Å²) in [5, 5.41) is 12.2. The molecule has 0 aliphatic heterocycles. The van der Waals surface area contributed by atoms with E-state index in [2.05, 4.69) is 17.2 Å². The Hall–Kier alpha value is -1.23. The average Bonchev–Trinajstić information content (AvgIpc) is 2.27. The molecule has 0 bridgehead atoms. The first-order valence-corrected chi connectivity index (χ1v) is 6.32. The SMILES string of the molecule is CCSCC(C)Nc1ccncc1C(=O)O. The van der Waals surface area contributed by atoms with Gasteiger partial charge in [-0.15, -0.1) is 0 Å². The molecule has 0 radical (unpaired) electrons. The second kappa shape index (κ2) is 6.37. The van der Waals surface area contributed by atoms with Crippen molar-refractivity contribution in [1.82, 2.24) is 4.98 Å². The Morgan fingerprint density at radius 1 is 1.69 bits per heavy atom. The van der Waals surface area contributed by atoms with E-state index in [1.54, 1.807) is 12.3 Å². The molecule has 4 nitrogen and oxygen atoms in total. The van der Waals surface area contributed by atoms with E-state index in [1.165, 1.54) is 6.20 Å². The standard InChI is InChI=1S/C11H16N2O2S/c1-3-16-7-8(2)13-10-4-5-12-6-9(10)11(14)15/h4-6,8H,3,7H2,1-2H3,(H,12,13)(H,14,15). The van der Waals surface area contributed by atoms with Crippen LogP contribution in [-0.2, 0) is 0 Å². The number of nitrogens with one attached hydrogen (secondary N) is 1. The molecule has 0 fully saturated rings. The number of aromatic carboxylic acids is 1. The van der Waals surface area contributed by atoms with Crippen molar-refractivity contribution in [2.24, 2.45) is 0 Å². The van der Waals surface area contributed by atoms with Crippen molar-refractivity contribution in [2.75, 3.05) is 16.8 Å². The van der Waals surface area contributed by atoms with Gasteiger partial charge in [0.2, 0.25) is 0 Å². The molecule has 0 spiro atoms. The van der Waals surface area contributed by atoms with Gasteiger partial charge < -0.3 is 10.4 Å². The van der Waals surface area contributed by atoms with Crippen LogP contribution in [0.4, 0.5) is 5.69 Å². The van der Waals surface area contributed by atoms with Crippen LogP contribution >= 0.6 is 11.8 Å². The fourth-order valence-electron chi connectivity index (χ4n) is 1.29. The van der Waals surface area contributed by atoms with E-state index in [0.29, 0.717) is 5.69 Å². The lowest BCUT2D eigenvalue weighted by atomic mass is 10.2. The number of carboxylic acids is 1. The van der Waals surface area contributed by atoms with Gasteiger partial charge in [0.25, 0.3) is 0 Å². The van der Waals surface area contributed by atoms with Gasteiger partial charge in [0, 0.05) is 24.2 Å². The molecule has 2 N–H and O–H groups in total. The zero-order valence-corrected chi connectivity index (χ0v) is 10.3. The lowest BCUT2D eigenvalue weighted by Gasteiger charge is -2.15. The summed E-state index contributed by atoms with van der Waals surface area (Å²) >= 11 is 1.82. The summed E-state index contributed by atoms with van der Waals surface area (Å²) in [4.78, 5) is 14.7. The molecule has 16 heavy (non-hydrogen) atoms. The Morgan fingerprint density at radius 3 is 3.06 bits per heavy atom. The van der Waals surface area contributed by atoms with Crippen LogP contribution in [0.1, 0.15) is 24.2 Å². The predicted octanol–water partition coefficient (Wildman–Crippen LogP) is 2.33. The third-order valence-corrected chi connectivity index (χ3v) is 3.17. The van der Waals surface area contributed by atoms with E-state index in [9.17, 15) is 4.79 Å². The normalized spacial score (nSPS) is 12.1. The number of rotatable bonds is 6. The minimum atomic E-state index is -0.953. The quantitative estimate of drug-likeness (QED) is 0.799. The minimum Gasteiger partial charge on any atom is -0.478 e. The van der Waals surface area contributed by atoms with E-state index < -0.39 is 5.97 Å². The monoisotopic (exact) mass is 240 g/mol. The van der Waals surface area contributed by atoms with Gasteiger partial charge in [-0.1, -0.05) is 6.92 Å². The Kier molecular flexibility index (Phi) is 5.11. The van der Waals surface area contributed by atoms with E-state index in [4.69, 9.17) is 5.11 Å². The predicted molar refractivity (Wildman–Crippen MR) is 67.3 cm³/mol. The zero-order chi connectivity index (χ0) is 12.0. The molecule has 0 aliphatic rings. The highest BCUT2D eigenvalue weighted by molar-refractivity contribution is 7.99. The summed E-state index contributed by atoms with van der Waals surface area (Å²) in [5.74, 6) is 1.07. The largest absolute Gasteiger partial charge is 0.478 e. The fourth-order valence-corrected chi connectivity index (χ4v) is 1.97. The van der Waals surface area contributed by atoms with E-state index in [1.807, 2.05) is 18.7 Å². The summed E-state index contributed by atoms with van der Waals surface area (Å²) in [6.07, 6.45) is 2.96. The average molecular weight is 240 g/mol. The summed E-state index contributed by atoms with van der Waals surface area (Å²) in [6, 6.07) is 1.93. The molecule has 1 aromatic heterocycles. The van der Waals surface area contributed by atoms with Crippen LogP contribution in [0.15, 0.2) is 18.5 Å². The number of pyridine rings is 1. The number of aromatic nitrogens is 1. The van der Waals surface area contributed by atoms with Crippen molar-refractivity contribution in [1.29, 1.82) is 0 Å². The first-order valence-electron chi connectivity index (χ1n) is 5.16. The smallest absolute Gasteiger partial charge is 0.339 e. The van der Waals surface area contributed by atoms with E-state index in [0.717, 1.165) is 11.5 Å². The number of nitrogens with zero attached hydrogens (tertiary/aromatic N) is 1. The Labute approximate surface area is 99.5 Å². The maximum absolute atomic E-state index is 10.9. The number of carbonyl (C=O) groups is 1. The third-order valence-electron chi connectivity index (χ3n) is 2.03. The summed E-state index contributed by atoms with van der Waals surface area (Å²) in [6.45, 7) is 4.14. The molecule has 0 saturated heterocycles. The van der Waals surface area contributed by atoms with Crippen LogP contribution in [0.5, 0.6) is 0 Å². The minimum absolute atomic E-state index is 0.218. The van der Waals surface area contributed by atoms with Gasteiger partial charge in [-0.2, -0.15) is 11.8 Å². The molecule has 0 aliphatic carbocycles. The molecule has 1 unspecified atom stereocenters. The first kappa shape index (κ1) is 12.8.